The van der Waals surface area contributed by atoms with Gasteiger partial charge >= 0.3 is 6.18 Å². The summed E-state index contributed by atoms with van der Waals surface area (Å²) < 4.78 is 43.1. The van der Waals surface area contributed by atoms with Crippen LogP contribution in [0, 0.1) is 17.2 Å². The van der Waals surface area contributed by atoms with Crippen LogP contribution in [0.4, 0.5) is 13.2 Å². The first-order valence-corrected chi connectivity index (χ1v) is 5.09. The number of nitrogens with one attached hydrogen (secondary N) is 1. The first kappa shape index (κ1) is 13.1. The quantitative estimate of drug-likeness (QED) is 0.571. The minimum Gasteiger partial charge on any atom is -0.381 e. The first-order valence-electron chi connectivity index (χ1n) is 5.09. The summed E-state index contributed by atoms with van der Waals surface area (Å²) in [5, 5.41) is 7.15. The highest BCUT2D eigenvalue weighted by atomic mass is 19.4. The Hall–Kier alpha value is -0.980. The number of halogens is 3. The van der Waals surface area contributed by atoms with Gasteiger partial charge in [-0.25, -0.2) is 0 Å². The molecule has 0 amide bonds. The van der Waals surface area contributed by atoms with Gasteiger partial charge in [0.1, 0.15) is 0 Å². The van der Waals surface area contributed by atoms with Crippen molar-refractivity contribution in [3.8, 4) is 0 Å². The fourth-order valence-electron chi connectivity index (χ4n) is 1.88. The minimum atomic E-state index is -4.26. The summed E-state index contributed by atoms with van der Waals surface area (Å²) in [6.45, 7) is 2.09. The number of rotatable bonds is 3. The second-order valence-corrected chi connectivity index (χ2v) is 3.86. The fraction of sp³-hybridized carbons (Fsp3) is 0.889. The van der Waals surface area contributed by atoms with Crippen LogP contribution in [0.2, 0.25) is 0 Å². The molecule has 0 radical (unpaired) electrons. The molecule has 1 heterocycles. The van der Waals surface area contributed by atoms with Gasteiger partial charge in [0.2, 0.25) is 0 Å². The van der Waals surface area contributed by atoms with Gasteiger partial charge in [0, 0.05) is 25.6 Å². The minimum absolute atomic E-state index is 0.0600. The number of hydrogen-bond acceptors (Lipinski definition) is 2. The van der Waals surface area contributed by atoms with E-state index < -0.39 is 18.0 Å². The van der Waals surface area contributed by atoms with Crippen molar-refractivity contribution >= 4 is 5.96 Å². The molecule has 0 saturated carbocycles. The third-order valence-corrected chi connectivity index (χ3v) is 2.74. The van der Waals surface area contributed by atoms with Gasteiger partial charge < -0.3 is 15.4 Å². The molecule has 2 atom stereocenters. The van der Waals surface area contributed by atoms with E-state index in [1.165, 1.54) is 4.90 Å². The summed E-state index contributed by atoms with van der Waals surface area (Å²) in [4.78, 5) is 1.24. The van der Waals surface area contributed by atoms with Gasteiger partial charge in [-0.1, -0.05) is 0 Å². The van der Waals surface area contributed by atoms with E-state index >= 15 is 0 Å². The van der Waals surface area contributed by atoms with Crippen molar-refractivity contribution in [2.24, 2.45) is 17.6 Å². The number of ether oxygens (including phenoxy) is 1. The normalized spacial score (nSPS) is 26.1. The third kappa shape index (κ3) is 3.01. The van der Waals surface area contributed by atoms with Crippen LogP contribution < -0.4 is 5.73 Å². The van der Waals surface area contributed by atoms with Crippen molar-refractivity contribution < 1.29 is 17.9 Å². The third-order valence-electron chi connectivity index (χ3n) is 2.74. The lowest BCUT2D eigenvalue weighted by atomic mass is 9.96. The summed E-state index contributed by atoms with van der Waals surface area (Å²) >= 11 is 0. The molecule has 1 saturated heterocycles. The highest BCUT2D eigenvalue weighted by molar-refractivity contribution is 5.74. The first-order chi connectivity index (χ1) is 7.36. The van der Waals surface area contributed by atoms with E-state index in [1.54, 1.807) is 6.92 Å². The van der Waals surface area contributed by atoms with Gasteiger partial charge in [0.05, 0.1) is 12.5 Å². The Labute approximate surface area is 92.0 Å². The van der Waals surface area contributed by atoms with Crippen molar-refractivity contribution in [1.29, 1.82) is 5.41 Å². The van der Waals surface area contributed by atoms with Crippen LogP contribution in [0.1, 0.15) is 6.92 Å². The van der Waals surface area contributed by atoms with Gasteiger partial charge in [-0.05, 0) is 6.92 Å². The molecule has 1 aliphatic rings. The summed E-state index contributed by atoms with van der Waals surface area (Å²) in [5.74, 6) is -2.40. The van der Waals surface area contributed by atoms with Crippen LogP contribution in [-0.4, -0.2) is 43.3 Å². The van der Waals surface area contributed by atoms with Crippen molar-refractivity contribution in [1.82, 2.24) is 4.90 Å². The zero-order valence-electron chi connectivity index (χ0n) is 9.05. The summed E-state index contributed by atoms with van der Waals surface area (Å²) in [6, 6.07) is 0. The highest BCUT2D eigenvalue weighted by Gasteiger charge is 2.49. The van der Waals surface area contributed by atoms with Crippen LogP contribution >= 0.6 is 0 Å². The maximum absolute atomic E-state index is 12.7. The summed E-state index contributed by atoms with van der Waals surface area (Å²) in [6.07, 6.45) is -4.26. The Kier molecular flexibility index (Phi) is 4.01. The Morgan fingerprint density at radius 3 is 2.56 bits per heavy atom. The summed E-state index contributed by atoms with van der Waals surface area (Å²) in [5.41, 5.74) is 5.20. The molecule has 0 bridgehead atoms. The molecule has 0 aromatic carbocycles. The molecule has 0 spiro atoms. The predicted molar refractivity (Wildman–Crippen MR) is 53.0 cm³/mol. The summed E-state index contributed by atoms with van der Waals surface area (Å²) in [7, 11) is 0. The van der Waals surface area contributed by atoms with E-state index in [9.17, 15) is 13.2 Å². The van der Waals surface area contributed by atoms with Crippen LogP contribution in [0.3, 0.4) is 0 Å². The van der Waals surface area contributed by atoms with Crippen LogP contribution in [-0.2, 0) is 4.74 Å². The zero-order valence-corrected chi connectivity index (χ0v) is 9.05. The molecule has 0 aliphatic carbocycles. The average molecular weight is 239 g/mol. The lowest BCUT2D eigenvalue weighted by Crippen LogP contribution is -2.36. The number of guanidine groups is 1. The predicted octanol–water partition coefficient (Wildman–Crippen LogP) is 1.03. The molecule has 7 heteroatoms. The molecule has 3 N–H and O–H groups in total. The molecule has 1 aliphatic heterocycles. The van der Waals surface area contributed by atoms with E-state index in [1.807, 2.05) is 0 Å². The van der Waals surface area contributed by atoms with Crippen molar-refractivity contribution in [3.63, 3.8) is 0 Å². The zero-order chi connectivity index (χ0) is 12.3. The van der Waals surface area contributed by atoms with Gasteiger partial charge in [-0.15, -0.1) is 0 Å². The van der Waals surface area contributed by atoms with Gasteiger partial charge in [-0.3, -0.25) is 5.41 Å². The average Bonchev–Trinajstić information content (AvgIpc) is 2.57. The Morgan fingerprint density at radius 1 is 1.50 bits per heavy atom. The van der Waals surface area contributed by atoms with Gasteiger partial charge in [0.25, 0.3) is 0 Å². The molecular formula is C9H16F3N3O. The molecule has 16 heavy (non-hydrogen) atoms. The Morgan fingerprint density at radius 2 is 2.12 bits per heavy atom. The SMILES string of the molecule is CCOCC1CN(C(=N)N)CC1C(F)(F)F. The number of alkyl halides is 3. The monoisotopic (exact) mass is 239 g/mol. The van der Waals surface area contributed by atoms with E-state index in [4.69, 9.17) is 15.9 Å². The number of hydrogen-bond donors (Lipinski definition) is 2. The highest BCUT2D eigenvalue weighted by Crippen LogP contribution is 2.37. The standard InChI is InChI=1S/C9H16F3N3O/c1-2-16-5-6-3-15(8(13)14)4-7(6)9(10,11)12/h6-7H,2-5H2,1H3,(H3,13,14). The topological polar surface area (TPSA) is 62.3 Å². The Balaban J connectivity index is 2.67. The van der Waals surface area contributed by atoms with Gasteiger partial charge in [0.15, 0.2) is 5.96 Å². The molecule has 94 valence electrons. The van der Waals surface area contributed by atoms with E-state index in [-0.39, 0.29) is 25.7 Å². The fourth-order valence-corrected chi connectivity index (χ4v) is 1.88. The molecule has 4 nitrogen and oxygen atoms in total. The van der Waals surface area contributed by atoms with E-state index in [2.05, 4.69) is 0 Å². The molecule has 2 unspecified atom stereocenters. The molecule has 0 aromatic rings. The van der Waals surface area contributed by atoms with Crippen LogP contribution in [0.5, 0.6) is 0 Å². The van der Waals surface area contributed by atoms with Crippen molar-refractivity contribution in [3.05, 3.63) is 0 Å². The second-order valence-electron chi connectivity index (χ2n) is 3.86. The molecule has 1 rings (SSSR count). The maximum Gasteiger partial charge on any atom is 0.393 e. The van der Waals surface area contributed by atoms with Crippen molar-refractivity contribution in [2.45, 2.75) is 13.1 Å². The van der Waals surface area contributed by atoms with Crippen molar-refractivity contribution in [2.75, 3.05) is 26.3 Å². The lowest BCUT2D eigenvalue weighted by Gasteiger charge is -2.20. The maximum atomic E-state index is 12.7. The van der Waals surface area contributed by atoms with Crippen LogP contribution in [0.15, 0.2) is 0 Å². The largest absolute Gasteiger partial charge is 0.393 e. The van der Waals surface area contributed by atoms with E-state index in [0.717, 1.165) is 0 Å². The number of likely N-dealkylation sites (tertiary alicyclic amines) is 1. The van der Waals surface area contributed by atoms with Gasteiger partial charge in [-0.2, -0.15) is 13.2 Å². The number of nitrogens with zero attached hydrogens (tertiary/aromatic N) is 1. The smallest absolute Gasteiger partial charge is 0.381 e. The molecule has 0 aromatic heterocycles. The lowest BCUT2D eigenvalue weighted by molar-refractivity contribution is -0.183. The van der Waals surface area contributed by atoms with E-state index in [0.29, 0.717) is 6.61 Å². The molecule has 1 fully saturated rings. The molecular weight excluding hydrogens is 223 g/mol. The second kappa shape index (κ2) is 4.90. The Bertz CT molecular complexity index is 257. The van der Waals surface area contributed by atoms with Crippen LogP contribution in [0.25, 0.3) is 0 Å². The number of nitrogens with two attached hydrogens (primary N) is 1.